The Morgan fingerprint density at radius 2 is 0.974 bits per heavy atom. The molecule has 6 nitrogen and oxygen atoms in total. The lowest BCUT2D eigenvalue weighted by molar-refractivity contribution is -0.0280. The highest BCUT2D eigenvalue weighted by atomic mass is 16.3. The number of aromatic hydroxyl groups is 2. The lowest BCUT2D eigenvalue weighted by Gasteiger charge is -2.41. The van der Waals surface area contributed by atoms with E-state index in [1.165, 1.54) is 0 Å². The fourth-order valence-corrected chi connectivity index (χ4v) is 7.06. The molecule has 0 saturated heterocycles. The third kappa shape index (κ3) is 7.15. The number of hydrogen-bond acceptors (Lipinski definition) is 6. The molecule has 2 fully saturated rings. The first kappa shape index (κ1) is 29.9. The van der Waals surface area contributed by atoms with Gasteiger partial charge in [-0.25, -0.2) is 0 Å². The van der Waals surface area contributed by atoms with Crippen LogP contribution in [0, 0.1) is 0 Å². The molecule has 216 valence electrons. The monoisotopic (exact) mass is 538 g/mol. The summed E-state index contributed by atoms with van der Waals surface area (Å²) in [6, 6.07) is 11.4. The van der Waals surface area contributed by atoms with Crippen molar-refractivity contribution < 1.29 is 20.4 Å². The zero-order valence-electron chi connectivity index (χ0n) is 24.5. The van der Waals surface area contributed by atoms with E-state index in [2.05, 4.69) is 9.80 Å². The van der Waals surface area contributed by atoms with Crippen LogP contribution in [0.1, 0.15) is 98.3 Å². The van der Waals surface area contributed by atoms with E-state index in [0.717, 1.165) is 99.6 Å². The lowest BCUT2D eigenvalue weighted by Crippen LogP contribution is -2.43. The summed E-state index contributed by atoms with van der Waals surface area (Å²) in [6.07, 6.45) is 10.0. The SMILES string of the molecule is CN(C)C[C@H](c1ccc(O)c(Cc2cc([C@@H](CN(C)C)C3(O)CCCCC3)ccc2O)c1)C1(O)CCCCC1. The summed E-state index contributed by atoms with van der Waals surface area (Å²) < 4.78 is 0. The average molecular weight is 539 g/mol. The molecule has 0 heterocycles. The van der Waals surface area contributed by atoms with Gasteiger partial charge in [-0.05, 0) is 88.3 Å². The highest BCUT2D eigenvalue weighted by Gasteiger charge is 2.40. The lowest BCUT2D eigenvalue weighted by atomic mass is 9.72. The van der Waals surface area contributed by atoms with Crippen molar-refractivity contribution in [3.05, 3.63) is 58.7 Å². The number of likely N-dealkylation sites (N-methyl/N-ethyl adjacent to an activating group) is 2. The van der Waals surface area contributed by atoms with Crippen molar-refractivity contribution >= 4 is 0 Å². The van der Waals surface area contributed by atoms with E-state index in [0.29, 0.717) is 6.42 Å². The molecule has 0 amide bonds. The van der Waals surface area contributed by atoms with Crippen LogP contribution in [0.3, 0.4) is 0 Å². The standard InChI is InChI=1S/C33H50N2O4/c1-34(2)22-28(32(38)15-7-5-8-16-32)24-11-13-30(36)26(19-24)21-27-20-25(12-14-31(27)37)29(23-35(3)4)33(39)17-9-6-10-18-33/h11-14,19-20,28-29,36-39H,5-10,15-18,21-23H2,1-4H3/t28-,29-/m1/s1. The molecule has 0 bridgehead atoms. The van der Waals surface area contributed by atoms with Gasteiger partial charge in [-0.1, -0.05) is 62.8 Å². The van der Waals surface area contributed by atoms with E-state index in [-0.39, 0.29) is 23.3 Å². The van der Waals surface area contributed by atoms with E-state index in [9.17, 15) is 20.4 Å². The van der Waals surface area contributed by atoms with Gasteiger partial charge in [-0.2, -0.15) is 0 Å². The van der Waals surface area contributed by atoms with Crippen LogP contribution in [0.15, 0.2) is 36.4 Å². The predicted octanol–water partition coefficient (Wildman–Crippen LogP) is 5.37. The summed E-state index contributed by atoms with van der Waals surface area (Å²) in [6.45, 7) is 1.46. The van der Waals surface area contributed by atoms with Crippen LogP contribution in [-0.4, -0.2) is 82.7 Å². The highest BCUT2D eigenvalue weighted by Crippen LogP contribution is 2.43. The Balaban J connectivity index is 1.67. The fraction of sp³-hybridized carbons (Fsp3) is 0.636. The first-order valence-electron chi connectivity index (χ1n) is 14.9. The van der Waals surface area contributed by atoms with Gasteiger partial charge >= 0.3 is 0 Å². The first-order valence-corrected chi connectivity index (χ1v) is 14.9. The normalized spacial score (nSPS) is 20.7. The Morgan fingerprint density at radius 3 is 1.31 bits per heavy atom. The molecule has 2 atom stereocenters. The van der Waals surface area contributed by atoms with Gasteiger partial charge in [0.2, 0.25) is 0 Å². The van der Waals surface area contributed by atoms with E-state index in [4.69, 9.17) is 0 Å². The molecule has 2 aromatic rings. The van der Waals surface area contributed by atoms with Crippen molar-refractivity contribution in [2.75, 3.05) is 41.3 Å². The van der Waals surface area contributed by atoms with Gasteiger partial charge in [0, 0.05) is 31.3 Å². The van der Waals surface area contributed by atoms with Crippen LogP contribution in [0.5, 0.6) is 11.5 Å². The molecule has 4 rings (SSSR count). The zero-order valence-corrected chi connectivity index (χ0v) is 24.5. The van der Waals surface area contributed by atoms with Crippen molar-refractivity contribution in [2.45, 2.75) is 93.7 Å². The Labute approximate surface area is 235 Å². The number of phenols is 2. The molecule has 2 aromatic carbocycles. The van der Waals surface area contributed by atoms with E-state index < -0.39 is 11.2 Å². The predicted molar refractivity (Wildman–Crippen MR) is 158 cm³/mol. The molecule has 0 unspecified atom stereocenters. The topological polar surface area (TPSA) is 87.4 Å². The van der Waals surface area contributed by atoms with Crippen LogP contribution in [-0.2, 0) is 6.42 Å². The Hall–Kier alpha value is -2.12. The summed E-state index contributed by atoms with van der Waals surface area (Å²) in [4.78, 5) is 4.25. The second-order valence-corrected chi connectivity index (χ2v) is 12.9. The first-order chi connectivity index (χ1) is 18.5. The van der Waals surface area contributed by atoms with Crippen molar-refractivity contribution in [3.63, 3.8) is 0 Å². The van der Waals surface area contributed by atoms with E-state index in [1.807, 2.05) is 52.5 Å². The molecule has 0 spiro atoms. The number of benzene rings is 2. The minimum atomic E-state index is -0.756. The van der Waals surface area contributed by atoms with Gasteiger partial charge in [-0.15, -0.1) is 0 Å². The summed E-state index contributed by atoms with van der Waals surface area (Å²) in [5.74, 6) is 0.270. The quantitative estimate of drug-likeness (QED) is 0.325. The van der Waals surface area contributed by atoms with E-state index in [1.54, 1.807) is 12.1 Å². The van der Waals surface area contributed by atoms with Crippen LogP contribution in [0.4, 0.5) is 0 Å². The van der Waals surface area contributed by atoms with Crippen LogP contribution in [0.25, 0.3) is 0 Å². The second-order valence-electron chi connectivity index (χ2n) is 12.9. The number of phenolic OH excluding ortho intramolecular Hbond substituents is 2. The third-order valence-electron chi connectivity index (χ3n) is 9.22. The zero-order chi connectivity index (χ0) is 28.2. The number of nitrogens with zero attached hydrogens (tertiary/aromatic N) is 2. The summed E-state index contributed by atoms with van der Waals surface area (Å²) >= 11 is 0. The summed E-state index contributed by atoms with van der Waals surface area (Å²) in [5, 5.41) is 45.1. The van der Waals surface area contributed by atoms with Crippen LogP contribution >= 0.6 is 0 Å². The van der Waals surface area contributed by atoms with Crippen molar-refractivity contribution in [2.24, 2.45) is 0 Å². The number of rotatable bonds is 10. The highest BCUT2D eigenvalue weighted by molar-refractivity contribution is 5.46. The Bertz CT molecular complexity index is 1000. The molecule has 2 aliphatic rings. The largest absolute Gasteiger partial charge is 0.508 e. The molecule has 0 aliphatic heterocycles. The average Bonchev–Trinajstić information content (AvgIpc) is 2.89. The van der Waals surface area contributed by atoms with Gasteiger partial charge in [0.15, 0.2) is 0 Å². The second kappa shape index (κ2) is 12.6. The number of aliphatic hydroxyl groups is 2. The molecule has 39 heavy (non-hydrogen) atoms. The minimum absolute atomic E-state index is 0.0582. The summed E-state index contributed by atoms with van der Waals surface area (Å²) in [7, 11) is 8.14. The van der Waals surface area contributed by atoms with Crippen LogP contribution < -0.4 is 0 Å². The van der Waals surface area contributed by atoms with Gasteiger partial charge in [0.1, 0.15) is 11.5 Å². The van der Waals surface area contributed by atoms with Crippen molar-refractivity contribution in [1.82, 2.24) is 9.80 Å². The van der Waals surface area contributed by atoms with Gasteiger partial charge in [-0.3, -0.25) is 0 Å². The fourth-order valence-electron chi connectivity index (χ4n) is 7.06. The smallest absolute Gasteiger partial charge is 0.119 e. The Kier molecular flexibility index (Phi) is 9.64. The molecule has 2 saturated carbocycles. The molecule has 6 heteroatoms. The molecule has 0 aromatic heterocycles. The van der Waals surface area contributed by atoms with E-state index >= 15 is 0 Å². The maximum absolute atomic E-state index is 11.7. The van der Waals surface area contributed by atoms with Gasteiger partial charge in [0.25, 0.3) is 0 Å². The molecular formula is C33H50N2O4. The van der Waals surface area contributed by atoms with Crippen molar-refractivity contribution in [1.29, 1.82) is 0 Å². The third-order valence-corrected chi connectivity index (χ3v) is 9.22. The molecular weight excluding hydrogens is 488 g/mol. The maximum atomic E-state index is 11.7. The van der Waals surface area contributed by atoms with Crippen LogP contribution in [0.2, 0.25) is 0 Å². The van der Waals surface area contributed by atoms with Gasteiger partial charge < -0.3 is 30.2 Å². The molecule has 0 radical (unpaired) electrons. The maximum Gasteiger partial charge on any atom is 0.119 e. The molecule has 2 aliphatic carbocycles. The number of hydrogen-bond donors (Lipinski definition) is 4. The minimum Gasteiger partial charge on any atom is -0.508 e. The Morgan fingerprint density at radius 1 is 0.615 bits per heavy atom. The van der Waals surface area contributed by atoms with Gasteiger partial charge in [0.05, 0.1) is 11.2 Å². The molecule has 4 N–H and O–H groups in total. The van der Waals surface area contributed by atoms with Crippen molar-refractivity contribution in [3.8, 4) is 11.5 Å². The summed E-state index contributed by atoms with van der Waals surface area (Å²) in [5.41, 5.74) is 2.02.